The molecule has 0 radical (unpaired) electrons. The van der Waals surface area contributed by atoms with E-state index in [9.17, 15) is 0 Å². The fourth-order valence-electron chi connectivity index (χ4n) is 1.61. The molecule has 0 atom stereocenters. The molecule has 3 nitrogen and oxygen atoms in total. The summed E-state index contributed by atoms with van der Waals surface area (Å²) < 4.78 is 1.87. The molecule has 0 saturated heterocycles. The zero-order valence-electron chi connectivity index (χ0n) is 7.45. The average molecular weight is 165 g/mol. The van der Waals surface area contributed by atoms with E-state index in [-0.39, 0.29) is 0 Å². The summed E-state index contributed by atoms with van der Waals surface area (Å²) in [6, 6.07) is 2.02. The van der Waals surface area contributed by atoms with Crippen LogP contribution in [0.15, 0.2) is 6.07 Å². The smallest absolute Gasteiger partial charge is 0.121 e. The van der Waals surface area contributed by atoms with Crippen molar-refractivity contribution < 1.29 is 0 Å². The van der Waals surface area contributed by atoms with Crippen molar-refractivity contribution in [3.8, 4) is 0 Å². The van der Waals surface area contributed by atoms with Gasteiger partial charge in [-0.1, -0.05) is 6.42 Å². The van der Waals surface area contributed by atoms with E-state index in [4.69, 9.17) is 5.73 Å². The lowest BCUT2D eigenvalue weighted by Gasteiger charge is -2.22. The molecule has 66 valence electrons. The number of nitrogen functional groups attached to an aromatic ring is 1. The maximum Gasteiger partial charge on any atom is 0.121 e. The van der Waals surface area contributed by atoms with E-state index in [1.54, 1.807) is 0 Å². The molecule has 1 aromatic heterocycles. The Hall–Kier alpha value is -0.990. The van der Waals surface area contributed by atoms with E-state index in [0.717, 1.165) is 12.4 Å². The number of nitrogens with zero attached hydrogens (tertiary/aromatic N) is 2. The van der Waals surface area contributed by atoms with Gasteiger partial charge in [0.2, 0.25) is 0 Å². The number of nitrogens with two attached hydrogens (primary N) is 1. The Balaban J connectivity index is 2.21. The van der Waals surface area contributed by atoms with Crippen LogP contribution < -0.4 is 5.73 Å². The molecule has 0 bridgehead atoms. The van der Waals surface area contributed by atoms with Gasteiger partial charge in [0.25, 0.3) is 0 Å². The molecule has 0 spiro atoms. The van der Waals surface area contributed by atoms with Crippen LogP contribution in [0.25, 0.3) is 0 Å². The number of hydrogen-bond donors (Lipinski definition) is 1. The van der Waals surface area contributed by atoms with Crippen LogP contribution in [0, 0.1) is 0 Å². The molecule has 12 heavy (non-hydrogen) atoms. The van der Waals surface area contributed by atoms with Crippen molar-refractivity contribution in [2.45, 2.75) is 38.6 Å². The molecular formula is C9H15N3. The average Bonchev–Trinajstić information content (AvgIpc) is 2.27. The zero-order valence-corrected chi connectivity index (χ0v) is 7.45. The van der Waals surface area contributed by atoms with Crippen molar-refractivity contribution in [1.29, 1.82) is 0 Å². The molecule has 1 heterocycles. The molecule has 0 aromatic carbocycles. The molecular weight excluding hydrogens is 150 g/mol. The second-order valence-corrected chi connectivity index (χ2v) is 3.44. The normalized spacial score (nSPS) is 17.8. The summed E-state index contributed by atoms with van der Waals surface area (Å²) in [5, 5.41) is 4.44. The lowest BCUT2D eigenvalue weighted by Crippen LogP contribution is -2.10. The third kappa shape index (κ3) is 1.09. The van der Waals surface area contributed by atoms with Gasteiger partial charge in [-0.25, -0.2) is 0 Å². The topological polar surface area (TPSA) is 43.8 Å². The molecule has 0 amide bonds. The highest BCUT2D eigenvalue weighted by molar-refractivity contribution is 5.32. The molecule has 1 fully saturated rings. The first-order valence-corrected chi connectivity index (χ1v) is 4.64. The molecule has 2 N–H and O–H groups in total. The molecule has 1 aliphatic rings. The molecule has 1 aliphatic carbocycles. The predicted molar refractivity (Wildman–Crippen MR) is 48.9 cm³/mol. The Morgan fingerprint density at radius 2 is 2.42 bits per heavy atom. The first-order chi connectivity index (χ1) is 5.81. The highest BCUT2D eigenvalue weighted by atomic mass is 15.3. The Morgan fingerprint density at radius 1 is 1.67 bits per heavy atom. The summed E-state index contributed by atoms with van der Waals surface area (Å²) >= 11 is 0. The molecule has 3 heteroatoms. The second-order valence-electron chi connectivity index (χ2n) is 3.44. The van der Waals surface area contributed by atoms with Crippen molar-refractivity contribution in [2.75, 3.05) is 5.73 Å². The van der Waals surface area contributed by atoms with Gasteiger partial charge in [-0.3, -0.25) is 4.68 Å². The minimum absolute atomic E-state index is 0.695. The number of hydrogen-bond acceptors (Lipinski definition) is 2. The van der Waals surface area contributed by atoms with Crippen LogP contribution in [0.3, 0.4) is 0 Å². The zero-order chi connectivity index (χ0) is 8.55. The Bertz CT molecular complexity index is 273. The third-order valence-electron chi connectivity index (χ3n) is 2.65. The Morgan fingerprint density at radius 3 is 2.83 bits per heavy atom. The SMILES string of the molecule is CCn1nc(C2CCC2)cc1N. The second kappa shape index (κ2) is 2.81. The molecule has 1 saturated carbocycles. The number of aromatic nitrogens is 2. The van der Waals surface area contributed by atoms with Gasteiger partial charge in [-0.2, -0.15) is 5.10 Å². The van der Waals surface area contributed by atoms with Gasteiger partial charge in [0.15, 0.2) is 0 Å². The maximum absolute atomic E-state index is 5.77. The molecule has 0 aliphatic heterocycles. The van der Waals surface area contributed by atoms with Crippen molar-refractivity contribution in [2.24, 2.45) is 0 Å². The lowest BCUT2D eigenvalue weighted by molar-refractivity contribution is 0.406. The molecule has 1 aromatic rings. The van der Waals surface area contributed by atoms with Gasteiger partial charge in [0, 0.05) is 18.5 Å². The fourth-order valence-corrected chi connectivity index (χ4v) is 1.61. The monoisotopic (exact) mass is 165 g/mol. The van der Waals surface area contributed by atoms with Gasteiger partial charge in [0.05, 0.1) is 5.69 Å². The molecule has 2 rings (SSSR count). The van der Waals surface area contributed by atoms with Gasteiger partial charge < -0.3 is 5.73 Å². The largest absolute Gasteiger partial charge is 0.384 e. The summed E-state index contributed by atoms with van der Waals surface area (Å²) in [7, 11) is 0. The summed E-state index contributed by atoms with van der Waals surface area (Å²) in [4.78, 5) is 0. The van der Waals surface area contributed by atoms with Crippen LogP contribution in [0.2, 0.25) is 0 Å². The van der Waals surface area contributed by atoms with E-state index >= 15 is 0 Å². The minimum atomic E-state index is 0.695. The van der Waals surface area contributed by atoms with Gasteiger partial charge in [-0.15, -0.1) is 0 Å². The van der Waals surface area contributed by atoms with E-state index in [1.807, 2.05) is 10.7 Å². The van der Waals surface area contributed by atoms with Crippen molar-refractivity contribution in [1.82, 2.24) is 9.78 Å². The summed E-state index contributed by atoms with van der Waals surface area (Å²) in [5.41, 5.74) is 6.96. The van der Waals surface area contributed by atoms with E-state index in [1.165, 1.54) is 25.0 Å². The number of aryl methyl sites for hydroxylation is 1. The van der Waals surface area contributed by atoms with Crippen molar-refractivity contribution in [3.05, 3.63) is 11.8 Å². The van der Waals surface area contributed by atoms with E-state index < -0.39 is 0 Å². The first-order valence-electron chi connectivity index (χ1n) is 4.64. The lowest BCUT2D eigenvalue weighted by atomic mass is 9.83. The van der Waals surface area contributed by atoms with Crippen LogP contribution in [0.5, 0.6) is 0 Å². The molecule has 0 unspecified atom stereocenters. The van der Waals surface area contributed by atoms with Crippen LogP contribution in [-0.4, -0.2) is 9.78 Å². The van der Waals surface area contributed by atoms with Crippen LogP contribution in [0.4, 0.5) is 5.82 Å². The Kier molecular flexibility index (Phi) is 1.79. The highest BCUT2D eigenvalue weighted by Crippen LogP contribution is 2.35. The van der Waals surface area contributed by atoms with Crippen molar-refractivity contribution >= 4 is 5.82 Å². The number of anilines is 1. The maximum atomic E-state index is 5.77. The van der Waals surface area contributed by atoms with Gasteiger partial charge in [-0.05, 0) is 19.8 Å². The van der Waals surface area contributed by atoms with E-state index in [2.05, 4.69) is 12.0 Å². The summed E-state index contributed by atoms with van der Waals surface area (Å²) in [5.74, 6) is 1.50. The van der Waals surface area contributed by atoms with Crippen LogP contribution in [0.1, 0.15) is 37.8 Å². The third-order valence-corrected chi connectivity index (χ3v) is 2.65. The highest BCUT2D eigenvalue weighted by Gasteiger charge is 2.22. The summed E-state index contributed by atoms with van der Waals surface area (Å²) in [6.07, 6.45) is 3.93. The van der Waals surface area contributed by atoms with Crippen LogP contribution >= 0.6 is 0 Å². The Labute approximate surface area is 72.6 Å². The quantitative estimate of drug-likeness (QED) is 0.725. The standard InChI is InChI=1S/C9H15N3/c1-2-12-9(10)6-8(11-12)7-4-3-5-7/h6-7H,2-5,10H2,1H3. The van der Waals surface area contributed by atoms with Crippen molar-refractivity contribution in [3.63, 3.8) is 0 Å². The van der Waals surface area contributed by atoms with Gasteiger partial charge >= 0.3 is 0 Å². The fraction of sp³-hybridized carbons (Fsp3) is 0.667. The summed E-state index contributed by atoms with van der Waals surface area (Å²) in [6.45, 7) is 2.94. The predicted octanol–water partition coefficient (Wildman–Crippen LogP) is 1.75. The number of rotatable bonds is 2. The van der Waals surface area contributed by atoms with Crippen LogP contribution in [-0.2, 0) is 6.54 Å². The van der Waals surface area contributed by atoms with Gasteiger partial charge in [0.1, 0.15) is 5.82 Å². The minimum Gasteiger partial charge on any atom is -0.384 e. The first kappa shape index (κ1) is 7.65. The van der Waals surface area contributed by atoms with E-state index in [0.29, 0.717) is 5.92 Å².